The van der Waals surface area contributed by atoms with E-state index in [1.165, 1.54) is 18.5 Å². The van der Waals surface area contributed by atoms with Crippen molar-refractivity contribution in [1.82, 2.24) is 9.47 Å². The van der Waals surface area contributed by atoms with E-state index in [1.54, 1.807) is 0 Å². The normalized spacial score (nSPS) is 17.8. The zero-order valence-corrected chi connectivity index (χ0v) is 15.3. The molecular weight excluding hydrogens is 332 g/mol. The van der Waals surface area contributed by atoms with Crippen molar-refractivity contribution >= 4 is 17.5 Å². The van der Waals surface area contributed by atoms with E-state index < -0.39 is 0 Å². The van der Waals surface area contributed by atoms with Crippen molar-refractivity contribution in [2.24, 2.45) is 5.92 Å². The zero-order chi connectivity index (χ0) is 17.2. The van der Waals surface area contributed by atoms with Crippen molar-refractivity contribution in [2.75, 3.05) is 0 Å². The summed E-state index contributed by atoms with van der Waals surface area (Å²) < 4.78 is 2.22. The molecule has 25 heavy (non-hydrogen) atoms. The summed E-state index contributed by atoms with van der Waals surface area (Å²) in [5.41, 5.74) is 2.31. The number of carbonyl (C=O) groups excluding carboxylic acids is 1. The maximum Gasteiger partial charge on any atom is 0.226 e. The second-order valence-electron chi connectivity index (χ2n) is 7.40. The standard InChI is InChI=1S/C21H25ClN2O/c22-20-10-4-3-8-17(20)14-23-13-5-9-19(23)15-24(18-11-12-18)21(25)16-6-1-2-7-16/h3-5,8-10,13,16,18H,1-2,6-7,11-12,14-15H2. The van der Waals surface area contributed by atoms with Crippen LogP contribution in [0.5, 0.6) is 0 Å². The summed E-state index contributed by atoms with van der Waals surface area (Å²) in [6.07, 6.45) is 8.96. The number of hydrogen-bond acceptors (Lipinski definition) is 1. The molecule has 2 saturated carbocycles. The molecule has 2 aliphatic carbocycles. The first-order chi connectivity index (χ1) is 12.2. The van der Waals surface area contributed by atoms with Gasteiger partial charge in [-0.1, -0.05) is 42.6 Å². The van der Waals surface area contributed by atoms with Crippen LogP contribution < -0.4 is 0 Å². The number of amides is 1. The first kappa shape index (κ1) is 16.7. The minimum absolute atomic E-state index is 0.257. The summed E-state index contributed by atoms with van der Waals surface area (Å²) >= 11 is 6.32. The molecular formula is C21H25ClN2O. The average molecular weight is 357 g/mol. The molecule has 4 heteroatoms. The van der Waals surface area contributed by atoms with E-state index >= 15 is 0 Å². The summed E-state index contributed by atoms with van der Waals surface area (Å²) in [6, 6.07) is 12.6. The number of aromatic nitrogens is 1. The molecule has 0 bridgehead atoms. The molecule has 4 rings (SSSR count). The molecule has 132 valence electrons. The Bertz CT molecular complexity index is 744. The summed E-state index contributed by atoms with van der Waals surface area (Å²) in [7, 11) is 0. The molecule has 3 nitrogen and oxygen atoms in total. The van der Waals surface area contributed by atoms with Crippen molar-refractivity contribution in [3.05, 3.63) is 58.9 Å². The van der Waals surface area contributed by atoms with E-state index in [4.69, 9.17) is 11.6 Å². The Morgan fingerprint density at radius 2 is 1.84 bits per heavy atom. The van der Waals surface area contributed by atoms with Crippen molar-refractivity contribution in [2.45, 2.75) is 57.7 Å². The largest absolute Gasteiger partial charge is 0.345 e. The van der Waals surface area contributed by atoms with Gasteiger partial charge >= 0.3 is 0 Å². The topological polar surface area (TPSA) is 25.2 Å². The van der Waals surface area contributed by atoms with E-state index in [2.05, 4.69) is 33.9 Å². The van der Waals surface area contributed by atoms with Gasteiger partial charge in [-0.15, -0.1) is 0 Å². The molecule has 0 saturated heterocycles. The summed E-state index contributed by atoms with van der Waals surface area (Å²) in [6.45, 7) is 1.47. The quantitative estimate of drug-likeness (QED) is 0.724. The molecule has 0 unspecified atom stereocenters. The van der Waals surface area contributed by atoms with Gasteiger partial charge in [0, 0.05) is 35.4 Å². The molecule has 1 aromatic carbocycles. The van der Waals surface area contributed by atoms with E-state index in [0.717, 1.165) is 49.4 Å². The van der Waals surface area contributed by atoms with Crippen LogP contribution in [0.2, 0.25) is 5.02 Å². The Kier molecular flexibility index (Phi) is 4.85. The fourth-order valence-corrected chi connectivity index (χ4v) is 4.11. The average Bonchev–Trinajstić information content (AvgIpc) is 3.13. The molecule has 2 fully saturated rings. The van der Waals surface area contributed by atoms with Crippen LogP contribution in [-0.2, 0) is 17.9 Å². The highest BCUT2D eigenvalue weighted by Crippen LogP contribution is 2.34. The van der Waals surface area contributed by atoms with Crippen LogP contribution in [0.4, 0.5) is 0 Å². The zero-order valence-electron chi connectivity index (χ0n) is 14.5. The third-order valence-electron chi connectivity index (χ3n) is 5.53. The second kappa shape index (κ2) is 7.25. The lowest BCUT2D eigenvalue weighted by Crippen LogP contribution is -2.37. The van der Waals surface area contributed by atoms with Crippen LogP contribution in [0.1, 0.15) is 49.8 Å². The Balaban J connectivity index is 1.51. The van der Waals surface area contributed by atoms with Gasteiger partial charge in [0.25, 0.3) is 0 Å². The predicted molar refractivity (Wildman–Crippen MR) is 101 cm³/mol. The van der Waals surface area contributed by atoms with Gasteiger partial charge in [-0.25, -0.2) is 0 Å². The van der Waals surface area contributed by atoms with Gasteiger partial charge in [0.1, 0.15) is 0 Å². The molecule has 0 radical (unpaired) electrons. The third-order valence-corrected chi connectivity index (χ3v) is 5.90. The molecule has 1 aromatic heterocycles. The monoisotopic (exact) mass is 356 g/mol. The van der Waals surface area contributed by atoms with Crippen molar-refractivity contribution in [3.8, 4) is 0 Å². The Morgan fingerprint density at radius 3 is 2.56 bits per heavy atom. The first-order valence-electron chi connectivity index (χ1n) is 9.40. The Morgan fingerprint density at radius 1 is 1.08 bits per heavy atom. The molecule has 1 amide bonds. The lowest BCUT2D eigenvalue weighted by molar-refractivity contribution is -0.136. The SMILES string of the molecule is O=C(C1CCCC1)N(Cc1cccn1Cc1ccccc1Cl)C1CC1. The summed E-state index contributed by atoms with van der Waals surface area (Å²) in [4.78, 5) is 15.1. The van der Waals surface area contributed by atoms with E-state index in [9.17, 15) is 4.79 Å². The molecule has 0 aliphatic heterocycles. The van der Waals surface area contributed by atoms with Crippen LogP contribution in [0, 0.1) is 5.92 Å². The van der Waals surface area contributed by atoms with E-state index in [0.29, 0.717) is 11.9 Å². The number of carbonyl (C=O) groups is 1. The number of nitrogens with zero attached hydrogens (tertiary/aromatic N) is 2. The molecule has 2 aromatic rings. The third kappa shape index (κ3) is 3.77. The minimum atomic E-state index is 0.257. The van der Waals surface area contributed by atoms with Gasteiger partial charge < -0.3 is 9.47 Å². The van der Waals surface area contributed by atoms with Gasteiger partial charge in [0.2, 0.25) is 5.91 Å². The maximum atomic E-state index is 13.0. The van der Waals surface area contributed by atoms with Gasteiger partial charge in [-0.3, -0.25) is 4.79 Å². The molecule has 0 atom stereocenters. The highest BCUT2D eigenvalue weighted by atomic mass is 35.5. The number of halogens is 1. The van der Waals surface area contributed by atoms with Crippen LogP contribution in [0.25, 0.3) is 0 Å². The predicted octanol–water partition coefficient (Wildman–Crippen LogP) is 4.87. The Labute approximate surface area is 154 Å². The fraction of sp³-hybridized carbons (Fsp3) is 0.476. The van der Waals surface area contributed by atoms with Gasteiger partial charge in [0.05, 0.1) is 6.54 Å². The van der Waals surface area contributed by atoms with Crippen LogP contribution in [0.15, 0.2) is 42.6 Å². The van der Waals surface area contributed by atoms with E-state index in [-0.39, 0.29) is 5.92 Å². The molecule has 1 heterocycles. The minimum Gasteiger partial charge on any atom is -0.345 e. The van der Waals surface area contributed by atoms with Gasteiger partial charge in [-0.2, -0.15) is 0 Å². The van der Waals surface area contributed by atoms with Gasteiger partial charge in [0.15, 0.2) is 0 Å². The first-order valence-corrected chi connectivity index (χ1v) is 9.78. The molecule has 0 spiro atoms. The van der Waals surface area contributed by atoms with E-state index in [1.807, 2.05) is 18.2 Å². The molecule has 2 aliphatic rings. The second-order valence-corrected chi connectivity index (χ2v) is 7.80. The van der Waals surface area contributed by atoms with Gasteiger partial charge in [-0.05, 0) is 49.4 Å². The number of benzene rings is 1. The fourth-order valence-electron chi connectivity index (χ4n) is 3.91. The summed E-state index contributed by atoms with van der Waals surface area (Å²) in [5.74, 6) is 0.637. The van der Waals surface area contributed by atoms with Crippen molar-refractivity contribution < 1.29 is 4.79 Å². The lowest BCUT2D eigenvalue weighted by atomic mass is 10.1. The van der Waals surface area contributed by atoms with Crippen molar-refractivity contribution in [3.63, 3.8) is 0 Å². The van der Waals surface area contributed by atoms with Crippen LogP contribution in [0.3, 0.4) is 0 Å². The summed E-state index contributed by atoms with van der Waals surface area (Å²) in [5, 5.41) is 0.795. The number of rotatable bonds is 6. The lowest BCUT2D eigenvalue weighted by Gasteiger charge is -2.26. The highest BCUT2D eigenvalue weighted by molar-refractivity contribution is 6.31. The smallest absolute Gasteiger partial charge is 0.226 e. The maximum absolute atomic E-state index is 13.0. The molecule has 0 N–H and O–H groups in total. The van der Waals surface area contributed by atoms with Crippen molar-refractivity contribution in [1.29, 1.82) is 0 Å². The highest BCUT2D eigenvalue weighted by Gasteiger charge is 2.36. The Hall–Kier alpha value is -1.74. The van der Waals surface area contributed by atoms with Crippen LogP contribution in [-0.4, -0.2) is 21.4 Å². The number of hydrogen-bond donors (Lipinski definition) is 0. The van der Waals surface area contributed by atoms with Crippen LogP contribution >= 0.6 is 11.6 Å².